The lowest BCUT2D eigenvalue weighted by Crippen LogP contribution is -1.98. The molecule has 0 unspecified atom stereocenters. The third-order valence-electron chi connectivity index (χ3n) is 2.42. The standard InChI is InChI=1S/C12H12FNO/c1-15-12-6-8(7-14)5-10-9(12)3-2-4-11(10)13/h2-6H,7,14H2,1H3. The minimum absolute atomic E-state index is 0.249. The summed E-state index contributed by atoms with van der Waals surface area (Å²) in [6, 6.07) is 8.52. The summed E-state index contributed by atoms with van der Waals surface area (Å²) in [6.07, 6.45) is 0. The van der Waals surface area contributed by atoms with Gasteiger partial charge >= 0.3 is 0 Å². The van der Waals surface area contributed by atoms with Gasteiger partial charge in [0, 0.05) is 17.3 Å². The normalized spacial score (nSPS) is 10.6. The molecule has 2 nitrogen and oxygen atoms in total. The van der Waals surface area contributed by atoms with Crippen molar-refractivity contribution in [1.82, 2.24) is 0 Å². The molecule has 0 aliphatic heterocycles. The highest BCUT2D eigenvalue weighted by Gasteiger charge is 2.06. The summed E-state index contributed by atoms with van der Waals surface area (Å²) in [7, 11) is 1.57. The van der Waals surface area contributed by atoms with E-state index in [0.717, 1.165) is 10.9 Å². The van der Waals surface area contributed by atoms with E-state index >= 15 is 0 Å². The molecule has 3 heteroatoms. The largest absolute Gasteiger partial charge is 0.496 e. The van der Waals surface area contributed by atoms with Crippen LogP contribution in [0, 0.1) is 5.82 Å². The zero-order valence-corrected chi connectivity index (χ0v) is 8.46. The van der Waals surface area contributed by atoms with Gasteiger partial charge in [0.25, 0.3) is 0 Å². The molecule has 2 aromatic rings. The average Bonchev–Trinajstić information content (AvgIpc) is 2.28. The van der Waals surface area contributed by atoms with Crippen molar-refractivity contribution in [2.75, 3.05) is 7.11 Å². The molecule has 2 aromatic carbocycles. The molecule has 0 radical (unpaired) electrons. The van der Waals surface area contributed by atoms with Gasteiger partial charge in [0.2, 0.25) is 0 Å². The molecule has 0 aliphatic rings. The van der Waals surface area contributed by atoms with E-state index in [1.54, 1.807) is 19.2 Å². The molecule has 0 amide bonds. The van der Waals surface area contributed by atoms with E-state index in [2.05, 4.69) is 0 Å². The Balaban J connectivity index is 2.80. The molecule has 0 aromatic heterocycles. The maximum Gasteiger partial charge on any atom is 0.131 e. The number of rotatable bonds is 2. The van der Waals surface area contributed by atoms with Gasteiger partial charge in [-0.15, -0.1) is 0 Å². The number of benzene rings is 2. The summed E-state index contributed by atoms with van der Waals surface area (Å²) in [6.45, 7) is 0.376. The smallest absolute Gasteiger partial charge is 0.131 e. The number of fused-ring (bicyclic) bond motifs is 1. The fraction of sp³-hybridized carbons (Fsp3) is 0.167. The summed E-state index contributed by atoms with van der Waals surface area (Å²) < 4.78 is 18.7. The van der Waals surface area contributed by atoms with Crippen LogP contribution in [-0.2, 0) is 6.54 Å². The monoisotopic (exact) mass is 205 g/mol. The first-order valence-electron chi connectivity index (χ1n) is 4.71. The van der Waals surface area contributed by atoms with Crippen molar-refractivity contribution in [3.8, 4) is 5.75 Å². The first-order valence-corrected chi connectivity index (χ1v) is 4.71. The Labute approximate surface area is 87.5 Å². The first kappa shape index (κ1) is 9.93. The van der Waals surface area contributed by atoms with Crippen LogP contribution >= 0.6 is 0 Å². The molecule has 0 heterocycles. The lowest BCUT2D eigenvalue weighted by molar-refractivity contribution is 0.419. The number of halogens is 1. The van der Waals surface area contributed by atoms with E-state index in [4.69, 9.17) is 10.5 Å². The van der Waals surface area contributed by atoms with Crippen LogP contribution in [0.3, 0.4) is 0 Å². The zero-order chi connectivity index (χ0) is 10.8. The Bertz CT molecular complexity index is 496. The predicted octanol–water partition coefficient (Wildman–Crippen LogP) is 2.45. The third kappa shape index (κ3) is 1.66. The topological polar surface area (TPSA) is 35.2 Å². The predicted molar refractivity (Wildman–Crippen MR) is 58.3 cm³/mol. The van der Waals surface area contributed by atoms with E-state index in [0.29, 0.717) is 17.7 Å². The second kappa shape index (κ2) is 3.87. The average molecular weight is 205 g/mol. The molecule has 0 fully saturated rings. The maximum atomic E-state index is 13.5. The molecule has 0 spiro atoms. The van der Waals surface area contributed by atoms with Crippen LogP contribution in [0.2, 0.25) is 0 Å². The van der Waals surface area contributed by atoms with Crippen LogP contribution in [0.15, 0.2) is 30.3 Å². The van der Waals surface area contributed by atoms with Crippen LogP contribution < -0.4 is 10.5 Å². The first-order chi connectivity index (χ1) is 7.26. The summed E-state index contributed by atoms with van der Waals surface area (Å²) in [5.41, 5.74) is 6.40. The Hall–Kier alpha value is -1.61. The fourth-order valence-electron chi connectivity index (χ4n) is 1.66. The van der Waals surface area contributed by atoms with Crippen LogP contribution in [-0.4, -0.2) is 7.11 Å². The minimum Gasteiger partial charge on any atom is -0.496 e. The molecule has 0 bridgehead atoms. The summed E-state index contributed by atoms with van der Waals surface area (Å²) in [5.74, 6) is 0.411. The number of hydrogen-bond acceptors (Lipinski definition) is 2. The second-order valence-corrected chi connectivity index (χ2v) is 3.34. The summed E-state index contributed by atoms with van der Waals surface area (Å²) >= 11 is 0. The number of nitrogens with two attached hydrogens (primary N) is 1. The Morgan fingerprint density at radius 1 is 1.27 bits per heavy atom. The van der Waals surface area contributed by atoms with Crippen molar-refractivity contribution in [2.45, 2.75) is 6.54 Å². The minimum atomic E-state index is -0.249. The molecule has 0 atom stereocenters. The molecular weight excluding hydrogens is 193 g/mol. The zero-order valence-electron chi connectivity index (χ0n) is 8.46. The number of methoxy groups -OCH3 is 1. The van der Waals surface area contributed by atoms with Crippen LogP contribution in [0.1, 0.15) is 5.56 Å². The van der Waals surface area contributed by atoms with Crippen molar-refractivity contribution in [1.29, 1.82) is 0 Å². The Morgan fingerprint density at radius 3 is 2.73 bits per heavy atom. The van der Waals surface area contributed by atoms with Gasteiger partial charge < -0.3 is 10.5 Å². The van der Waals surface area contributed by atoms with Crippen molar-refractivity contribution in [3.05, 3.63) is 41.7 Å². The van der Waals surface area contributed by atoms with Gasteiger partial charge in [-0.3, -0.25) is 0 Å². The van der Waals surface area contributed by atoms with Crippen LogP contribution in [0.4, 0.5) is 4.39 Å². The van der Waals surface area contributed by atoms with Crippen molar-refractivity contribution in [2.24, 2.45) is 5.73 Å². The van der Waals surface area contributed by atoms with Crippen molar-refractivity contribution >= 4 is 10.8 Å². The molecule has 78 valence electrons. The number of hydrogen-bond donors (Lipinski definition) is 1. The molecule has 0 saturated carbocycles. The number of ether oxygens (including phenoxy) is 1. The Morgan fingerprint density at radius 2 is 2.07 bits per heavy atom. The van der Waals surface area contributed by atoms with Crippen molar-refractivity contribution < 1.29 is 9.13 Å². The van der Waals surface area contributed by atoms with Gasteiger partial charge in [0.1, 0.15) is 11.6 Å². The molecular formula is C12H12FNO. The molecule has 0 saturated heterocycles. The lowest BCUT2D eigenvalue weighted by atomic mass is 10.1. The van der Waals surface area contributed by atoms with E-state index in [1.165, 1.54) is 6.07 Å². The molecule has 0 aliphatic carbocycles. The Kier molecular flexibility index (Phi) is 2.56. The molecule has 15 heavy (non-hydrogen) atoms. The van der Waals surface area contributed by atoms with Gasteiger partial charge in [0.15, 0.2) is 0 Å². The SMILES string of the molecule is COc1cc(CN)cc2c(F)cccc12. The summed E-state index contributed by atoms with van der Waals surface area (Å²) in [4.78, 5) is 0. The third-order valence-corrected chi connectivity index (χ3v) is 2.42. The van der Waals surface area contributed by atoms with E-state index in [9.17, 15) is 4.39 Å². The van der Waals surface area contributed by atoms with E-state index in [-0.39, 0.29) is 5.82 Å². The van der Waals surface area contributed by atoms with E-state index < -0.39 is 0 Å². The second-order valence-electron chi connectivity index (χ2n) is 3.34. The van der Waals surface area contributed by atoms with Gasteiger partial charge in [-0.05, 0) is 23.8 Å². The maximum absolute atomic E-state index is 13.5. The molecule has 2 N–H and O–H groups in total. The van der Waals surface area contributed by atoms with Gasteiger partial charge in [-0.2, -0.15) is 0 Å². The quantitative estimate of drug-likeness (QED) is 0.817. The van der Waals surface area contributed by atoms with Gasteiger partial charge in [-0.25, -0.2) is 4.39 Å². The van der Waals surface area contributed by atoms with Crippen LogP contribution in [0.25, 0.3) is 10.8 Å². The van der Waals surface area contributed by atoms with Crippen LogP contribution in [0.5, 0.6) is 5.75 Å². The van der Waals surface area contributed by atoms with Gasteiger partial charge in [-0.1, -0.05) is 12.1 Å². The lowest BCUT2D eigenvalue weighted by Gasteiger charge is -2.08. The highest BCUT2D eigenvalue weighted by molar-refractivity contribution is 5.89. The molecule has 2 rings (SSSR count). The van der Waals surface area contributed by atoms with E-state index in [1.807, 2.05) is 12.1 Å². The van der Waals surface area contributed by atoms with Crippen molar-refractivity contribution in [3.63, 3.8) is 0 Å². The fourth-order valence-corrected chi connectivity index (χ4v) is 1.66. The highest BCUT2D eigenvalue weighted by Crippen LogP contribution is 2.28. The van der Waals surface area contributed by atoms with Gasteiger partial charge in [0.05, 0.1) is 7.11 Å². The highest BCUT2D eigenvalue weighted by atomic mass is 19.1. The summed E-state index contributed by atoms with van der Waals surface area (Å²) in [5, 5.41) is 1.33.